The molecule has 0 aliphatic carbocycles. The molecule has 0 heterocycles. The van der Waals surface area contributed by atoms with Crippen molar-refractivity contribution in [1.29, 1.82) is 0 Å². The maximum Gasteiger partial charge on any atom is 0.118 e. The van der Waals surface area contributed by atoms with Crippen molar-refractivity contribution in [1.82, 2.24) is 5.01 Å². The summed E-state index contributed by atoms with van der Waals surface area (Å²) in [7, 11) is 1.68. The highest BCUT2D eigenvalue weighted by Crippen LogP contribution is 2.15. The minimum absolute atomic E-state index is 0.334. The number of ether oxygens (including phenoxy) is 1. The van der Waals surface area contributed by atoms with E-state index < -0.39 is 0 Å². The van der Waals surface area contributed by atoms with E-state index >= 15 is 0 Å². The molecule has 0 atom stereocenters. The largest absolute Gasteiger partial charge is 0.497 e. The molecule has 0 fully saturated rings. The molecule has 0 aliphatic heterocycles. The van der Waals surface area contributed by atoms with Crippen LogP contribution in [0.15, 0.2) is 59.7 Å². The van der Waals surface area contributed by atoms with Crippen LogP contribution in [0.1, 0.15) is 31.9 Å². The molecule has 2 rings (SSSR count). The molecular weight excluding hydrogens is 272 g/mol. The average molecular weight is 296 g/mol. The Morgan fingerprint density at radius 1 is 1.05 bits per heavy atom. The zero-order chi connectivity index (χ0) is 15.9. The van der Waals surface area contributed by atoms with Crippen molar-refractivity contribution in [3.63, 3.8) is 0 Å². The molecule has 0 spiro atoms. The van der Waals surface area contributed by atoms with Crippen LogP contribution >= 0.6 is 0 Å². The standard InChI is InChI=1S/C19H24N2O/c1-15(2)21(14-17-10-12-19(22-4)13-11-17)20-16(3)18-8-6-5-7-9-18/h5-13,15H,14H2,1-4H3/b20-16+. The second-order valence-corrected chi connectivity index (χ2v) is 5.59. The lowest BCUT2D eigenvalue weighted by Gasteiger charge is -2.24. The highest BCUT2D eigenvalue weighted by molar-refractivity contribution is 5.98. The number of benzene rings is 2. The molecule has 0 radical (unpaired) electrons. The van der Waals surface area contributed by atoms with Gasteiger partial charge in [0.05, 0.1) is 19.4 Å². The van der Waals surface area contributed by atoms with Crippen LogP contribution < -0.4 is 4.74 Å². The Kier molecular flexibility index (Phi) is 5.59. The second-order valence-electron chi connectivity index (χ2n) is 5.59. The van der Waals surface area contributed by atoms with Crippen LogP contribution in [0.3, 0.4) is 0 Å². The molecular formula is C19H24N2O. The van der Waals surface area contributed by atoms with Gasteiger partial charge in [-0.3, -0.25) is 5.01 Å². The van der Waals surface area contributed by atoms with Crippen LogP contribution in [0.2, 0.25) is 0 Å². The van der Waals surface area contributed by atoms with Crippen molar-refractivity contribution in [2.75, 3.05) is 7.11 Å². The number of hydrogen-bond acceptors (Lipinski definition) is 3. The van der Waals surface area contributed by atoms with Crippen LogP contribution in [-0.4, -0.2) is 23.9 Å². The summed E-state index contributed by atoms with van der Waals surface area (Å²) in [5.41, 5.74) is 3.41. The number of nitrogens with zero attached hydrogens (tertiary/aromatic N) is 2. The predicted molar refractivity (Wildman–Crippen MR) is 92.3 cm³/mol. The molecule has 0 aliphatic rings. The first-order valence-electron chi connectivity index (χ1n) is 7.60. The van der Waals surface area contributed by atoms with E-state index in [-0.39, 0.29) is 0 Å². The van der Waals surface area contributed by atoms with Gasteiger partial charge in [0.2, 0.25) is 0 Å². The Morgan fingerprint density at radius 3 is 2.23 bits per heavy atom. The van der Waals surface area contributed by atoms with Crippen molar-refractivity contribution in [3.05, 3.63) is 65.7 Å². The van der Waals surface area contributed by atoms with Gasteiger partial charge >= 0.3 is 0 Å². The lowest BCUT2D eigenvalue weighted by molar-refractivity contribution is 0.223. The minimum Gasteiger partial charge on any atom is -0.497 e. The second kappa shape index (κ2) is 7.64. The quantitative estimate of drug-likeness (QED) is 0.585. The molecule has 2 aromatic rings. The highest BCUT2D eigenvalue weighted by atomic mass is 16.5. The molecule has 0 bridgehead atoms. The summed E-state index contributed by atoms with van der Waals surface area (Å²) >= 11 is 0. The lowest BCUT2D eigenvalue weighted by Crippen LogP contribution is -2.26. The maximum atomic E-state index is 5.20. The lowest BCUT2D eigenvalue weighted by atomic mass is 10.1. The van der Waals surface area contributed by atoms with Crippen LogP contribution in [0.4, 0.5) is 0 Å². The van der Waals surface area contributed by atoms with E-state index in [1.165, 1.54) is 5.56 Å². The van der Waals surface area contributed by atoms with Crippen LogP contribution in [0.5, 0.6) is 5.75 Å². The first-order valence-corrected chi connectivity index (χ1v) is 7.60. The summed E-state index contributed by atoms with van der Waals surface area (Å²) in [6.45, 7) is 7.15. The van der Waals surface area contributed by atoms with E-state index in [0.29, 0.717) is 6.04 Å². The Morgan fingerprint density at radius 2 is 1.68 bits per heavy atom. The summed E-state index contributed by atoms with van der Waals surface area (Å²) in [4.78, 5) is 0. The van der Waals surface area contributed by atoms with Gasteiger partial charge in [-0.25, -0.2) is 0 Å². The van der Waals surface area contributed by atoms with Gasteiger partial charge in [0, 0.05) is 6.04 Å². The van der Waals surface area contributed by atoms with Gasteiger partial charge in [0.1, 0.15) is 5.75 Å². The molecule has 22 heavy (non-hydrogen) atoms. The zero-order valence-corrected chi connectivity index (χ0v) is 13.8. The number of rotatable bonds is 6. The molecule has 116 valence electrons. The van der Waals surface area contributed by atoms with Crippen molar-refractivity contribution >= 4 is 5.71 Å². The van der Waals surface area contributed by atoms with E-state index in [2.05, 4.69) is 50.0 Å². The van der Waals surface area contributed by atoms with E-state index in [4.69, 9.17) is 9.84 Å². The molecule has 2 aromatic carbocycles. The number of hydrogen-bond donors (Lipinski definition) is 0. The van der Waals surface area contributed by atoms with E-state index in [0.717, 1.165) is 23.6 Å². The molecule has 0 unspecified atom stereocenters. The zero-order valence-electron chi connectivity index (χ0n) is 13.8. The first kappa shape index (κ1) is 16.1. The highest BCUT2D eigenvalue weighted by Gasteiger charge is 2.09. The summed E-state index contributed by atoms with van der Waals surface area (Å²) in [5.74, 6) is 0.879. The van der Waals surface area contributed by atoms with Gasteiger partial charge in [-0.2, -0.15) is 5.10 Å². The maximum absolute atomic E-state index is 5.20. The normalized spacial score (nSPS) is 11.6. The minimum atomic E-state index is 0.334. The SMILES string of the molecule is COc1ccc(CN(/N=C(\C)c2ccccc2)C(C)C)cc1. The van der Waals surface area contributed by atoms with E-state index in [1.54, 1.807) is 7.11 Å². The van der Waals surface area contributed by atoms with Crippen LogP contribution in [0.25, 0.3) is 0 Å². The third-order valence-electron chi connectivity index (χ3n) is 3.57. The molecule has 0 N–H and O–H groups in total. The molecule has 3 nitrogen and oxygen atoms in total. The monoisotopic (exact) mass is 296 g/mol. The molecule has 0 amide bonds. The first-order chi connectivity index (χ1) is 10.6. The van der Waals surface area contributed by atoms with Crippen LogP contribution in [-0.2, 0) is 6.54 Å². The smallest absolute Gasteiger partial charge is 0.118 e. The summed E-state index contributed by atoms with van der Waals surface area (Å²) in [6, 6.07) is 18.8. The Balaban J connectivity index is 2.15. The predicted octanol–water partition coefficient (Wildman–Crippen LogP) is 4.33. The third-order valence-corrected chi connectivity index (χ3v) is 3.57. The van der Waals surface area contributed by atoms with E-state index in [1.807, 2.05) is 30.3 Å². The summed E-state index contributed by atoms with van der Waals surface area (Å²) in [6.07, 6.45) is 0. The molecule has 0 saturated carbocycles. The van der Waals surface area contributed by atoms with E-state index in [9.17, 15) is 0 Å². The van der Waals surface area contributed by atoms with Crippen molar-refractivity contribution < 1.29 is 4.74 Å². The number of methoxy groups -OCH3 is 1. The van der Waals surface area contributed by atoms with Crippen molar-refractivity contribution in [2.45, 2.75) is 33.4 Å². The molecule has 0 aromatic heterocycles. The van der Waals surface area contributed by atoms with Crippen LogP contribution in [0, 0.1) is 0 Å². The molecule has 3 heteroatoms. The van der Waals surface area contributed by atoms with Crippen molar-refractivity contribution in [3.8, 4) is 5.75 Å². The summed E-state index contributed by atoms with van der Waals surface area (Å²) < 4.78 is 5.20. The van der Waals surface area contributed by atoms with Gasteiger partial charge in [0.15, 0.2) is 0 Å². The average Bonchev–Trinajstić information content (AvgIpc) is 2.55. The topological polar surface area (TPSA) is 24.8 Å². The van der Waals surface area contributed by atoms with Crippen molar-refractivity contribution in [2.24, 2.45) is 5.10 Å². The fourth-order valence-electron chi connectivity index (χ4n) is 2.18. The van der Waals surface area contributed by atoms with Gasteiger partial charge in [-0.15, -0.1) is 0 Å². The Bertz CT molecular complexity index is 603. The fraction of sp³-hybridized carbons (Fsp3) is 0.316. The van der Waals surface area contributed by atoms with Gasteiger partial charge in [0.25, 0.3) is 0 Å². The molecule has 0 saturated heterocycles. The van der Waals surface area contributed by atoms with Gasteiger partial charge < -0.3 is 4.74 Å². The number of hydrazone groups is 1. The summed E-state index contributed by atoms with van der Waals surface area (Å²) in [5, 5.41) is 6.92. The van der Waals surface area contributed by atoms with Gasteiger partial charge in [-0.05, 0) is 44.0 Å². The third kappa shape index (κ3) is 4.35. The fourth-order valence-corrected chi connectivity index (χ4v) is 2.18. The Hall–Kier alpha value is -2.29. The van der Waals surface area contributed by atoms with Gasteiger partial charge in [-0.1, -0.05) is 42.5 Å². The Labute approximate surface area is 133 Å².